The van der Waals surface area contributed by atoms with E-state index in [-0.39, 0.29) is 17.8 Å². The highest BCUT2D eigenvalue weighted by atomic mass is 35.5. The van der Waals surface area contributed by atoms with Crippen molar-refractivity contribution in [1.82, 2.24) is 4.90 Å². The summed E-state index contributed by atoms with van der Waals surface area (Å²) in [6.07, 6.45) is 0.314. The lowest BCUT2D eigenvalue weighted by Crippen LogP contribution is -2.35. The second-order valence-corrected chi connectivity index (χ2v) is 6.72. The summed E-state index contributed by atoms with van der Waals surface area (Å²) >= 11 is 5.82. The number of hydrogen-bond donors (Lipinski definition) is 0. The van der Waals surface area contributed by atoms with Crippen LogP contribution in [0.1, 0.15) is 37.6 Å². The molecule has 1 saturated heterocycles. The molecular formula is C16H20ClNO3. The quantitative estimate of drug-likeness (QED) is 0.781. The number of carbonyl (C=O) groups is 2. The van der Waals surface area contributed by atoms with Crippen LogP contribution in [-0.4, -0.2) is 35.5 Å². The first-order valence-corrected chi connectivity index (χ1v) is 7.42. The first kappa shape index (κ1) is 15.8. The summed E-state index contributed by atoms with van der Waals surface area (Å²) in [6, 6.07) is 6.85. The molecule has 21 heavy (non-hydrogen) atoms. The number of likely N-dealkylation sites (tertiary alicyclic amines) is 1. The van der Waals surface area contributed by atoms with E-state index < -0.39 is 5.60 Å². The molecule has 1 aromatic rings. The van der Waals surface area contributed by atoms with Gasteiger partial charge in [0.25, 0.3) is 0 Å². The van der Waals surface area contributed by atoms with Crippen LogP contribution >= 0.6 is 11.6 Å². The normalized spacial score (nSPS) is 18.7. The van der Waals surface area contributed by atoms with Crippen molar-refractivity contribution in [2.24, 2.45) is 5.92 Å². The van der Waals surface area contributed by atoms with E-state index in [0.717, 1.165) is 0 Å². The smallest absolute Gasteiger partial charge is 0.410 e. The molecule has 1 aromatic carbocycles. The SMILES string of the molecule is CC(C)(C)OC(=O)N1CC[C@@H](C(=O)c2ccc(Cl)cc2)C1. The molecule has 1 heterocycles. The summed E-state index contributed by atoms with van der Waals surface area (Å²) < 4.78 is 5.33. The minimum atomic E-state index is -0.518. The molecule has 1 aliphatic heterocycles. The Hall–Kier alpha value is -1.55. The van der Waals surface area contributed by atoms with Gasteiger partial charge in [0.05, 0.1) is 0 Å². The number of ketones is 1. The van der Waals surface area contributed by atoms with Crippen molar-refractivity contribution in [3.05, 3.63) is 34.9 Å². The molecule has 1 atom stereocenters. The van der Waals surface area contributed by atoms with Crippen LogP contribution in [0.4, 0.5) is 4.79 Å². The van der Waals surface area contributed by atoms with Gasteiger partial charge in [0.15, 0.2) is 5.78 Å². The molecule has 0 aromatic heterocycles. The zero-order valence-electron chi connectivity index (χ0n) is 12.6. The Labute approximate surface area is 130 Å². The van der Waals surface area contributed by atoms with Gasteiger partial charge in [-0.05, 0) is 51.5 Å². The van der Waals surface area contributed by atoms with E-state index in [9.17, 15) is 9.59 Å². The lowest BCUT2D eigenvalue weighted by molar-refractivity contribution is 0.0289. The molecule has 1 aliphatic rings. The van der Waals surface area contributed by atoms with Gasteiger partial charge >= 0.3 is 6.09 Å². The van der Waals surface area contributed by atoms with Crippen LogP contribution in [0.2, 0.25) is 5.02 Å². The molecule has 0 unspecified atom stereocenters. The first-order chi connectivity index (χ1) is 9.76. The van der Waals surface area contributed by atoms with Gasteiger partial charge in [0.2, 0.25) is 0 Å². The second-order valence-electron chi connectivity index (χ2n) is 6.28. The van der Waals surface area contributed by atoms with Gasteiger partial charge in [0.1, 0.15) is 5.60 Å². The highest BCUT2D eigenvalue weighted by Gasteiger charge is 2.33. The summed E-state index contributed by atoms with van der Waals surface area (Å²) in [6.45, 7) is 6.46. The summed E-state index contributed by atoms with van der Waals surface area (Å²) in [5.74, 6) is -0.114. The average Bonchev–Trinajstić information content (AvgIpc) is 2.86. The number of carbonyl (C=O) groups excluding carboxylic acids is 2. The Morgan fingerprint density at radius 2 is 1.86 bits per heavy atom. The third kappa shape index (κ3) is 4.21. The van der Waals surface area contributed by atoms with E-state index in [2.05, 4.69) is 0 Å². The van der Waals surface area contributed by atoms with Crippen LogP contribution < -0.4 is 0 Å². The maximum atomic E-state index is 12.4. The molecular weight excluding hydrogens is 290 g/mol. The van der Waals surface area contributed by atoms with E-state index in [4.69, 9.17) is 16.3 Å². The predicted octanol–water partition coefficient (Wildman–Crippen LogP) is 3.78. The van der Waals surface area contributed by atoms with Crippen molar-refractivity contribution >= 4 is 23.5 Å². The number of nitrogens with zero attached hydrogens (tertiary/aromatic N) is 1. The number of halogens is 1. The standard InChI is InChI=1S/C16H20ClNO3/c1-16(2,3)21-15(20)18-9-8-12(10-18)14(19)11-4-6-13(17)7-5-11/h4-7,12H,8-10H2,1-3H3/t12-/m1/s1. The molecule has 114 valence electrons. The Morgan fingerprint density at radius 3 is 2.43 bits per heavy atom. The number of amides is 1. The fraction of sp³-hybridized carbons (Fsp3) is 0.500. The molecule has 0 bridgehead atoms. The van der Waals surface area contributed by atoms with Crippen LogP contribution in [0.3, 0.4) is 0 Å². The topological polar surface area (TPSA) is 46.6 Å². The van der Waals surface area contributed by atoms with Crippen LogP contribution in [0, 0.1) is 5.92 Å². The maximum absolute atomic E-state index is 12.4. The highest BCUT2D eigenvalue weighted by molar-refractivity contribution is 6.30. The molecule has 0 N–H and O–H groups in total. The Bertz CT molecular complexity index is 533. The first-order valence-electron chi connectivity index (χ1n) is 7.04. The van der Waals surface area contributed by atoms with Crippen LogP contribution in [0.15, 0.2) is 24.3 Å². The van der Waals surface area contributed by atoms with Gasteiger partial charge in [-0.2, -0.15) is 0 Å². The molecule has 0 aliphatic carbocycles. The van der Waals surface area contributed by atoms with Crippen molar-refractivity contribution in [2.45, 2.75) is 32.8 Å². The zero-order chi connectivity index (χ0) is 15.6. The van der Waals surface area contributed by atoms with Gasteiger partial charge < -0.3 is 9.64 Å². The van der Waals surface area contributed by atoms with Crippen molar-refractivity contribution in [3.63, 3.8) is 0 Å². The Kier molecular flexibility index (Phi) is 4.57. The number of hydrogen-bond acceptors (Lipinski definition) is 3. The maximum Gasteiger partial charge on any atom is 0.410 e. The number of ether oxygens (including phenoxy) is 1. The zero-order valence-corrected chi connectivity index (χ0v) is 13.3. The van der Waals surface area contributed by atoms with E-state index >= 15 is 0 Å². The van der Waals surface area contributed by atoms with Crippen LogP contribution in [-0.2, 0) is 4.74 Å². The molecule has 0 saturated carbocycles. The Morgan fingerprint density at radius 1 is 1.24 bits per heavy atom. The molecule has 1 amide bonds. The lowest BCUT2D eigenvalue weighted by Gasteiger charge is -2.24. The fourth-order valence-corrected chi connectivity index (χ4v) is 2.44. The van der Waals surface area contributed by atoms with Gasteiger partial charge in [0, 0.05) is 29.6 Å². The van der Waals surface area contributed by atoms with Gasteiger partial charge in [-0.25, -0.2) is 4.79 Å². The molecule has 4 nitrogen and oxygen atoms in total. The van der Waals surface area contributed by atoms with Crippen molar-refractivity contribution < 1.29 is 14.3 Å². The fourth-order valence-electron chi connectivity index (χ4n) is 2.32. The monoisotopic (exact) mass is 309 g/mol. The highest BCUT2D eigenvalue weighted by Crippen LogP contribution is 2.23. The van der Waals surface area contributed by atoms with E-state index in [1.54, 1.807) is 29.2 Å². The van der Waals surface area contributed by atoms with Gasteiger partial charge in [-0.3, -0.25) is 4.79 Å². The minimum absolute atomic E-state index is 0.0534. The van der Waals surface area contributed by atoms with Gasteiger partial charge in [-0.15, -0.1) is 0 Å². The summed E-state index contributed by atoms with van der Waals surface area (Å²) in [7, 11) is 0. The molecule has 0 spiro atoms. The summed E-state index contributed by atoms with van der Waals surface area (Å²) in [4.78, 5) is 26.0. The third-order valence-corrected chi connectivity index (χ3v) is 3.59. The molecule has 5 heteroatoms. The van der Waals surface area contributed by atoms with Crippen molar-refractivity contribution in [3.8, 4) is 0 Å². The van der Waals surface area contributed by atoms with E-state index in [1.807, 2.05) is 20.8 Å². The third-order valence-electron chi connectivity index (χ3n) is 3.34. The molecule has 1 fully saturated rings. The molecule has 2 rings (SSSR count). The van der Waals surface area contributed by atoms with Crippen LogP contribution in [0.25, 0.3) is 0 Å². The van der Waals surface area contributed by atoms with Crippen LogP contribution in [0.5, 0.6) is 0 Å². The number of benzene rings is 1. The number of Topliss-reactive ketones (excluding diaryl/α,β-unsaturated/α-hetero) is 1. The van der Waals surface area contributed by atoms with Crippen molar-refractivity contribution in [2.75, 3.05) is 13.1 Å². The Balaban J connectivity index is 1.97. The largest absolute Gasteiger partial charge is 0.444 e. The average molecular weight is 310 g/mol. The lowest BCUT2D eigenvalue weighted by atomic mass is 9.97. The summed E-state index contributed by atoms with van der Waals surface area (Å²) in [5, 5.41) is 0.605. The summed E-state index contributed by atoms with van der Waals surface area (Å²) in [5.41, 5.74) is 0.116. The predicted molar refractivity (Wildman–Crippen MR) is 81.7 cm³/mol. The van der Waals surface area contributed by atoms with Crippen molar-refractivity contribution in [1.29, 1.82) is 0 Å². The van der Waals surface area contributed by atoms with E-state index in [0.29, 0.717) is 30.1 Å². The second kappa shape index (κ2) is 6.06. The molecule has 0 radical (unpaired) electrons. The van der Waals surface area contributed by atoms with Gasteiger partial charge in [-0.1, -0.05) is 11.6 Å². The number of rotatable bonds is 2. The van der Waals surface area contributed by atoms with E-state index in [1.165, 1.54) is 0 Å². The minimum Gasteiger partial charge on any atom is -0.444 e.